The van der Waals surface area contributed by atoms with Crippen molar-refractivity contribution in [3.63, 3.8) is 0 Å². The van der Waals surface area contributed by atoms with Crippen LogP contribution < -0.4 is 5.11 Å². The Morgan fingerprint density at radius 1 is 0.938 bits per heavy atom. The van der Waals surface area contributed by atoms with Crippen LogP contribution in [-0.4, -0.2) is 29.4 Å². The highest BCUT2D eigenvalue weighted by atomic mass is 16.5. The molecule has 0 bridgehead atoms. The lowest BCUT2D eigenvalue weighted by atomic mass is 9.75. The predicted molar refractivity (Wildman–Crippen MR) is 188 cm³/mol. The second-order valence-corrected chi connectivity index (χ2v) is 13.9. The van der Waals surface area contributed by atoms with Crippen molar-refractivity contribution < 1.29 is 29.3 Å². The summed E-state index contributed by atoms with van der Waals surface area (Å²) in [6, 6.07) is 8.25. The summed E-state index contributed by atoms with van der Waals surface area (Å²) in [5.41, 5.74) is 10.8. The van der Waals surface area contributed by atoms with Crippen LogP contribution in [0.2, 0.25) is 0 Å². The number of hydrogen-bond donors (Lipinski definition) is 1. The lowest BCUT2D eigenvalue weighted by molar-refractivity contribution is -0.305. The van der Waals surface area contributed by atoms with E-state index < -0.39 is 5.97 Å². The number of ether oxygens (including phenoxy) is 1. The number of carboxylic acid groups (broad SMARTS) is 1. The number of esters is 1. The number of hydrogen-bond acceptors (Lipinski definition) is 6. The normalized spacial score (nSPS) is 19.2. The fraction of sp³-hybridized carbons (Fsp3) is 0.405. The van der Waals surface area contributed by atoms with Crippen molar-refractivity contribution in [3.05, 3.63) is 110 Å². The number of aliphatic hydroxyl groups is 1. The summed E-state index contributed by atoms with van der Waals surface area (Å²) in [6.07, 6.45) is 10.7. The number of Topliss-reactive ketones (excluding diaryl/α,β-unsaturated/α-hetero) is 1. The summed E-state index contributed by atoms with van der Waals surface area (Å²) >= 11 is 0. The number of carbonyl (C=O) groups excluding carboxylic acids is 3. The van der Waals surface area contributed by atoms with Gasteiger partial charge in [-0.3, -0.25) is 9.59 Å². The molecule has 1 N–H and O–H groups in total. The number of carbonyl (C=O) groups is 3. The molecular weight excluding hydrogens is 600 g/mol. The number of unbranched alkanes of at least 4 members (excludes halogenated alkanes) is 1. The summed E-state index contributed by atoms with van der Waals surface area (Å²) in [6.45, 7) is 15.0. The number of aliphatic carboxylic acids is 1. The molecule has 5 aliphatic carbocycles. The zero-order valence-electron chi connectivity index (χ0n) is 29.3. The molecule has 0 spiro atoms. The third-order valence-corrected chi connectivity index (χ3v) is 9.86. The molecule has 1 unspecified atom stereocenters. The van der Waals surface area contributed by atoms with Gasteiger partial charge in [0.2, 0.25) is 5.78 Å². The summed E-state index contributed by atoms with van der Waals surface area (Å²) < 4.78 is 5.44. The van der Waals surface area contributed by atoms with E-state index in [1.807, 2.05) is 44.2 Å². The molecule has 252 valence electrons. The lowest BCUT2D eigenvalue weighted by Crippen LogP contribution is -2.25. The molecule has 0 aromatic carbocycles. The molecule has 0 aromatic rings. The van der Waals surface area contributed by atoms with Gasteiger partial charge in [-0.15, -0.1) is 0 Å². The maximum atomic E-state index is 14.3. The predicted octanol–water partition coefficient (Wildman–Crippen LogP) is 8.20. The average molecular weight is 648 g/mol. The number of rotatable bonds is 12. The summed E-state index contributed by atoms with van der Waals surface area (Å²) in [4.78, 5) is 38.4. The molecule has 5 aliphatic rings. The molecule has 48 heavy (non-hydrogen) atoms. The Hall–Kier alpha value is -4.45. The molecule has 0 heterocycles. The number of ketones is 1. The van der Waals surface area contributed by atoms with E-state index in [0.29, 0.717) is 24.2 Å². The third kappa shape index (κ3) is 6.76. The fourth-order valence-corrected chi connectivity index (χ4v) is 7.03. The van der Waals surface area contributed by atoms with Gasteiger partial charge in [0.15, 0.2) is 0 Å². The first-order valence-electron chi connectivity index (χ1n) is 17.3. The van der Waals surface area contributed by atoms with E-state index in [9.17, 15) is 24.6 Å². The van der Waals surface area contributed by atoms with Gasteiger partial charge in [-0.25, -0.2) is 0 Å². The standard InChI is InChI=1S/C42H48O6/c1-8-9-18-48-36(45)17-15-28-11-13-30(24(4)5)22-32-26(7)20-34(38(28)32)40-41(46)39(42(40)47)33-19-25(6)31-21-29(23(2)3)12-10-27(37(31)33)14-16-35(43)44/h10-13,19-24,37,46H,8-9,14-18H2,1-7H3,(H,43,44)/p-1/b39-33+. The van der Waals surface area contributed by atoms with Crippen LogP contribution in [0.15, 0.2) is 87.8 Å². The SMILES string of the molecule is CCCCOC(=O)CCc1ccc(C(C)C)cc2c(C)cc(C3=C(O)/C(=C4/C=C(C)C5=CC(C(C)C)=CC=C(CCC(=O)[O-])C54)C3=O)c1-2. The van der Waals surface area contributed by atoms with Gasteiger partial charge in [0, 0.05) is 18.3 Å². The van der Waals surface area contributed by atoms with Crippen molar-refractivity contribution in [2.75, 3.05) is 6.61 Å². The Balaban J connectivity index is 1.61. The van der Waals surface area contributed by atoms with Crippen molar-refractivity contribution in [1.29, 1.82) is 0 Å². The van der Waals surface area contributed by atoms with Gasteiger partial charge in [0.05, 0.1) is 17.8 Å². The van der Waals surface area contributed by atoms with E-state index in [-0.39, 0.29) is 65.7 Å². The Labute approximate surface area is 284 Å². The van der Waals surface area contributed by atoms with Crippen LogP contribution in [0.5, 0.6) is 0 Å². The Bertz CT molecular complexity index is 1820. The minimum absolute atomic E-state index is 0.0479. The quantitative estimate of drug-likeness (QED) is 0.142. The third-order valence-electron chi connectivity index (χ3n) is 9.86. The molecular formula is C42H47O6-. The molecule has 6 heteroatoms. The van der Waals surface area contributed by atoms with Crippen LogP contribution >= 0.6 is 0 Å². The van der Waals surface area contributed by atoms with E-state index >= 15 is 0 Å². The number of carboxylic acids is 1. The first-order chi connectivity index (χ1) is 22.8. The monoisotopic (exact) mass is 647 g/mol. The minimum Gasteiger partial charge on any atom is -0.550 e. The second-order valence-electron chi connectivity index (χ2n) is 13.9. The van der Waals surface area contributed by atoms with Crippen LogP contribution in [0.3, 0.4) is 0 Å². The number of aliphatic hydroxyl groups excluding tert-OH is 1. The summed E-state index contributed by atoms with van der Waals surface area (Å²) in [7, 11) is 0. The van der Waals surface area contributed by atoms with E-state index in [2.05, 4.69) is 52.8 Å². The van der Waals surface area contributed by atoms with Crippen molar-refractivity contribution in [1.82, 2.24) is 0 Å². The van der Waals surface area contributed by atoms with Gasteiger partial charge < -0.3 is 19.7 Å². The fourth-order valence-electron chi connectivity index (χ4n) is 7.03. The van der Waals surface area contributed by atoms with Crippen LogP contribution in [0.4, 0.5) is 0 Å². The molecule has 0 radical (unpaired) electrons. The highest BCUT2D eigenvalue weighted by Gasteiger charge is 2.43. The first-order valence-corrected chi connectivity index (χ1v) is 17.3. The zero-order chi connectivity index (χ0) is 34.9. The number of fused-ring (bicyclic) bond motifs is 2. The molecule has 0 aromatic heterocycles. The van der Waals surface area contributed by atoms with E-state index in [1.54, 1.807) is 0 Å². The molecule has 0 amide bonds. The maximum absolute atomic E-state index is 14.3. The molecule has 0 fully saturated rings. The van der Waals surface area contributed by atoms with Crippen LogP contribution in [-0.2, 0) is 25.5 Å². The smallest absolute Gasteiger partial charge is 0.306 e. The zero-order valence-corrected chi connectivity index (χ0v) is 29.3. The number of allylic oxidation sites excluding steroid dienone is 11. The van der Waals surface area contributed by atoms with Crippen LogP contribution in [0.1, 0.15) is 102 Å². The van der Waals surface area contributed by atoms with E-state index in [4.69, 9.17) is 4.74 Å². The van der Waals surface area contributed by atoms with Gasteiger partial charge in [0.1, 0.15) is 5.76 Å². The average Bonchev–Trinajstić information content (AvgIpc) is 3.31. The molecule has 0 aliphatic heterocycles. The van der Waals surface area contributed by atoms with Crippen molar-refractivity contribution in [2.24, 2.45) is 11.8 Å². The molecule has 0 saturated carbocycles. The Morgan fingerprint density at radius 3 is 2.33 bits per heavy atom. The molecule has 6 nitrogen and oxygen atoms in total. The molecule has 1 atom stereocenters. The van der Waals surface area contributed by atoms with Crippen molar-refractivity contribution in [3.8, 4) is 11.1 Å². The summed E-state index contributed by atoms with van der Waals surface area (Å²) in [5, 5.41) is 23.3. The largest absolute Gasteiger partial charge is 0.550 e. The van der Waals surface area contributed by atoms with Gasteiger partial charge in [-0.05, 0) is 113 Å². The van der Waals surface area contributed by atoms with Gasteiger partial charge in [0.25, 0.3) is 0 Å². The van der Waals surface area contributed by atoms with Gasteiger partial charge in [-0.1, -0.05) is 89.1 Å². The molecule has 0 saturated heterocycles. The minimum atomic E-state index is -1.13. The first kappa shape index (κ1) is 34.9. The lowest BCUT2D eigenvalue weighted by Gasteiger charge is -2.27. The van der Waals surface area contributed by atoms with Gasteiger partial charge >= 0.3 is 5.97 Å². The Morgan fingerprint density at radius 2 is 1.69 bits per heavy atom. The number of aryl methyl sites for hydroxylation is 2. The van der Waals surface area contributed by atoms with E-state index in [0.717, 1.165) is 63.0 Å². The van der Waals surface area contributed by atoms with Gasteiger partial charge in [-0.2, -0.15) is 0 Å². The Kier molecular flexibility index (Phi) is 10.4. The topological polar surface area (TPSA) is 104 Å². The van der Waals surface area contributed by atoms with Crippen LogP contribution in [0, 0.1) is 18.8 Å². The second kappa shape index (κ2) is 14.3. The maximum Gasteiger partial charge on any atom is 0.306 e. The highest BCUT2D eigenvalue weighted by molar-refractivity contribution is 6.40. The van der Waals surface area contributed by atoms with Crippen molar-refractivity contribution >= 4 is 23.3 Å². The van der Waals surface area contributed by atoms with Crippen LogP contribution in [0.25, 0.3) is 16.7 Å². The van der Waals surface area contributed by atoms with Crippen molar-refractivity contribution in [2.45, 2.75) is 92.9 Å². The summed E-state index contributed by atoms with van der Waals surface area (Å²) in [5.74, 6) is -1.48. The van der Waals surface area contributed by atoms with E-state index in [1.165, 1.54) is 0 Å². The highest BCUT2D eigenvalue weighted by Crippen LogP contribution is 2.52. The molecule has 5 rings (SSSR count).